The van der Waals surface area contributed by atoms with Gasteiger partial charge in [0.15, 0.2) is 8.32 Å². The molecule has 164 valence electrons. The molecule has 0 aliphatic heterocycles. The summed E-state index contributed by atoms with van der Waals surface area (Å²) in [4.78, 5) is 0. The standard InChI is InChI=1S/C25H48O2Si/c1-9-10-11-12-13-14-15-16-20-23(26)24(21-18-17-19-22(2)3)27-28(7,8)25(4,5)6/h19,23-24,26H,9-17,20H2,1-8H3/t23-,24-/m1/s1. The maximum atomic E-state index is 10.8. The number of aliphatic hydroxyl groups excluding tert-OH is 1. The highest BCUT2D eigenvalue weighted by Crippen LogP contribution is 2.37. The maximum absolute atomic E-state index is 10.8. The van der Waals surface area contributed by atoms with Crippen LogP contribution in [0.4, 0.5) is 0 Å². The molecule has 28 heavy (non-hydrogen) atoms. The van der Waals surface area contributed by atoms with Gasteiger partial charge in [-0.3, -0.25) is 0 Å². The highest BCUT2D eigenvalue weighted by Gasteiger charge is 2.40. The molecule has 0 bridgehead atoms. The Bertz CT molecular complexity index is 487. The monoisotopic (exact) mass is 408 g/mol. The van der Waals surface area contributed by atoms with Crippen molar-refractivity contribution in [2.24, 2.45) is 0 Å². The quantitative estimate of drug-likeness (QED) is 0.147. The summed E-state index contributed by atoms with van der Waals surface area (Å²) < 4.78 is 6.49. The van der Waals surface area contributed by atoms with Crippen molar-refractivity contribution in [1.29, 1.82) is 0 Å². The van der Waals surface area contributed by atoms with Crippen LogP contribution in [-0.2, 0) is 4.43 Å². The molecule has 2 nitrogen and oxygen atoms in total. The first-order valence-electron chi connectivity index (χ1n) is 11.5. The minimum Gasteiger partial charge on any atom is -0.401 e. The first-order chi connectivity index (χ1) is 13.0. The van der Waals surface area contributed by atoms with E-state index < -0.39 is 14.4 Å². The molecule has 0 aliphatic rings. The van der Waals surface area contributed by atoms with Gasteiger partial charge in [0, 0.05) is 6.42 Å². The molecule has 0 saturated carbocycles. The third-order valence-corrected chi connectivity index (χ3v) is 10.2. The first kappa shape index (κ1) is 27.4. The Kier molecular flexibility index (Phi) is 14.1. The highest BCUT2D eigenvalue weighted by molar-refractivity contribution is 6.74. The highest BCUT2D eigenvalue weighted by atomic mass is 28.4. The van der Waals surface area contributed by atoms with Gasteiger partial charge in [-0.25, -0.2) is 0 Å². The second-order valence-electron chi connectivity index (χ2n) is 9.94. The van der Waals surface area contributed by atoms with E-state index in [0.717, 1.165) is 19.3 Å². The van der Waals surface area contributed by atoms with Crippen LogP contribution in [-0.4, -0.2) is 25.6 Å². The maximum Gasteiger partial charge on any atom is 0.193 e. The lowest BCUT2D eigenvalue weighted by Crippen LogP contribution is -2.46. The van der Waals surface area contributed by atoms with E-state index in [1.165, 1.54) is 50.5 Å². The lowest BCUT2D eigenvalue weighted by molar-refractivity contribution is 0.0531. The molecule has 0 rings (SSSR count). The molecule has 0 saturated heterocycles. The van der Waals surface area contributed by atoms with Crippen LogP contribution >= 0.6 is 0 Å². The molecule has 0 fully saturated rings. The Balaban J connectivity index is 4.66. The summed E-state index contributed by atoms with van der Waals surface area (Å²) in [7, 11) is -1.96. The van der Waals surface area contributed by atoms with Crippen molar-refractivity contribution in [2.45, 2.75) is 136 Å². The summed E-state index contributed by atoms with van der Waals surface area (Å²) in [6.07, 6.45) is 13.0. The fourth-order valence-corrected chi connectivity index (χ4v) is 3.96. The van der Waals surface area contributed by atoms with Gasteiger partial charge in [0.25, 0.3) is 0 Å². The zero-order valence-corrected chi connectivity index (χ0v) is 21.2. The van der Waals surface area contributed by atoms with Gasteiger partial charge in [-0.15, -0.1) is 0 Å². The molecular formula is C25H48O2Si. The van der Waals surface area contributed by atoms with Crippen molar-refractivity contribution in [1.82, 2.24) is 0 Å². The predicted molar refractivity (Wildman–Crippen MR) is 127 cm³/mol. The molecule has 0 aromatic rings. The van der Waals surface area contributed by atoms with Crippen LogP contribution in [0.3, 0.4) is 0 Å². The van der Waals surface area contributed by atoms with Gasteiger partial charge >= 0.3 is 0 Å². The van der Waals surface area contributed by atoms with Crippen molar-refractivity contribution in [3.8, 4) is 11.8 Å². The third-order valence-electron chi connectivity index (χ3n) is 5.79. The van der Waals surface area contributed by atoms with Crippen molar-refractivity contribution in [3.63, 3.8) is 0 Å². The van der Waals surface area contributed by atoms with Crippen molar-refractivity contribution < 1.29 is 9.53 Å². The molecule has 0 spiro atoms. The van der Waals surface area contributed by atoms with Crippen LogP contribution in [0.5, 0.6) is 0 Å². The number of hydrogen-bond acceptors (Lipinski definition) is 2. The largest absolute Gasteiger partial charge is 0.401 e. The first-order valence-corrected chi connectivity index (χ1v) is 14.4. The summed E-state index contributed by atoms with van der Waals surface area (Å²) in [5.74, 6) is 6.46. The van der Waals surface area contributed by atoms with Crippen LogP contribution in [0, 0.1) is 11.8 Å². The van der Waals surface area contributed by atoms with Crippen LogP contribution in [0.1, 0.15) is 106 Å². The van der Waals surface area contributed by atoms with E-state index in [9.17, 15) is 5.11 Å². The van der Waals surface area contributed by atoms with Crippen LogP contribution < -0.4 is 0 Å². The number of rotatable bonds is 13. The average molecular weight is 409 g/mol. The van der Waals surface area contributed by atoms with E-state index in [1.54, 1.807) is 0 Å². The zero-order chi connectivity index (χ0) is 21.6. The number of hydrogen-bond donors (Lipinski definition) is 1. The second-order valence-corrected chi connectivity index (χ2v) is 14.7. The van der Waals surface area contributed by atoms with Gasteiger partial charge in [-0.2, -0.15) is 0 Å². The fraction of sp³-hybridized carbons (Fsp3) is 0.840. The molecular weight excluding hydrogens is 360 g/mol. The van der Waals surface area contributed by atoms with E-state index in [-0.39, 0.29) is 11.1 Å². The summed E-state index contributed by atoms with van der Waals surface area (Å²) in [6.45, 7) is 17.6. The molecule has 3 heteroatoms. The minimum atomic E-state index is -1.96. The van der Waals surface area contributed by atoms with Gasteiger partial charge in [-0.1, -0.05) is 103 Å². The van der Waals surface area contributed by atoms with E-state index in [0.29, 0.717) is 0 Å². The molecule has 0 radical (unpaired) electrons. The summed E-state index contributed by atoms with van der Waals surface area (Å²) >= 11 is 0. The third kappa shape index (κ3) is 12.8. The Hall–Kier alpha value is -0.563. The van der Waals surface area contributed by atoms with E-state index in [1.807, 2.05) is 0 Å². The van der Waals surface area contributed by atoms with E-state index in [4.69, 9.17) is 4.43 Å². The van der Waals surface area contributed by atoms with E-state index in [2.05, 4.69) is 72.6 Å². The van der Waals surface area contributed by atoms with Crippen LogP contribution in [0.25, 0.3) is 0 Å². The SMILES string of the molecule is CCCCCCCCCC[C@@H](O)[C@@H](C#CCC=C(C)C)O[Si](C)(C)C(C)(C)C. The summed E-state index contributed by atoms with van der Waals surface area (Å²) in [5, 5.41) is 10.9. The normalized spacial score (nSPS) is 14.2. The van der Waals surface area contributed by atoms with E-state index >= 15 is 0 Å². The lowest BCUT2D eigenvalue weighted by atomic mass is 10.0. The molecule has 2 atom stereocenters. The molecule has 0 aromatic carbocycles. The van der Waals surface area contributed by atoms with Gasteiger partial charge in [0.05, 0.1) is 6.10 Å². The molecule has 0 heterocycles. The van der Waals surface area contributed by atoms with Crippen molar-refractivity contribution in [3.05, 3.63) is 11.6 Å². The van der Waals surface area contributed by atoms with Gasteiger partial charge in [0.2, 0.25) is 0 Å². The smallest absolute Gasteiger partial charge is 0.193 e. The second kappa shape index (κ2) is 14.4. The molecule has 0 aliphatic carbocycles. The number of aliphatic hydroxyl groups is 1. The van der Waals surface area contributed by atoms with Crippen LogP contribution in [0.2, 0.25) is 18.1 Å². The average Bonchev–Trinajstić information content (AvgIpc) is 2.58. The van der Waals surface area contributed by atoms with Crippen molar-refractivity contribution in [2.75, 3.05) is 0 Å². The molecule has 0 aromatic heterocycles. The summed E-state index contributed by atoms with van der Waals surface area (Å²) in [6, 6.07) is 0. The topological polar surface area (TPSA) is 29.5 Å². The Morgan fingerprint density at radius 2 is 1.54 bits per heavy atom. The zero-order valence-electron chi connectivity index (χ0n) is 20.2. The summed E-state index contributed by atoms with van der Waals surface area (Å²) in [5.41, 5.74) is 1.27. The molecule has 0 unspecified atom stereocenters. The molecule has 0 amide bonds. The Morgan fingerprint density at radius 3 is 2.04 bits per heavy atom. The van der Waals surface area contributed by atoms with Crippen LogP contribution in [0.15, 0.2) is 11.6 Å². The fourth-order valence-electron chi connectivity index (χ4n) is 2.75. The Labute approximate surface area is 177 Å². The Morgan fingerprint density at radius 1 is 1.00 bits per heavy atom. The number of allylic oxidation sites excluding steroid dienone is 2. The minimum absolute atomic E-state index is 0.116. The lowest BCUT2D eigenvalue weighted by Gasteiger charge is -2.39. The van der Waals surface area contributed by atoms with Gasteiger partial charge in [-0.05, 0) is 38.4 Å². The van der Waals surface area contributed by atoms with Crippen molar-refractivity contribution >= 4 is 8.32 Å². The number of unbranched alkanes of at least 4 members (excludes halogenated alkanes) is 7. The predicted octanol–water partition coefficient (Wildman–Crippen LogP) is 7.63. The molecule has 1 N–H and O–H groups in total. The van der Waals surface area contributed by atoms with Gasteiger partial charge < -0.3 is 9.53 Å². The van der Waals surface area contributed by atoms with Gasteiger partial charge in [0.1, 0.15) is 6.10 Å².